The van der Waals surface area contributed by atoms with E-state index in [4.69, 9.17) is 14.2 Å². The van der Waals surface area contributed by atoms with Gasteiger partial charge in [-0.05, 0) is 41.3 Å². The van der Waals surface area contributed by atoms with Crippen molar-refractivity contribution in [3.63, 3.8) is 0 Å². The third-order valence-electron chi connectivity index (χ3n) is 5.62. The van der Waals surface area contributed by atoms with Gasteiger partial charge in [-0.25, -0.2) is 0 Å². The molecule has 7 nitrogen and oxygen atoms in total. The number of methoxy groups -OCH3 is 1. The summed E-state index contributed by atoms with van der Waals surface area (Å²) in [5.74, 6) is -1.07. The monoisotopic (exact) mass is 451 g/mol. The van der Waals surface area contributed by atoms with Gasteiger partial charge in [0.15, 0.2) is 0 Å². The fraction of sp³-hybridized carbons (Fsp3) is 0.870. The molecule has 0 spiro atoms. The zero-order chi connectivity index (χ0) is 25.4. The number of nitrogens with zero attached hydrogens (tertiary/aromatic N) is 1. The fourth-order valence-corrected chi connectivity index (χ4v) is 2.76. The van der Waals surface area contributed by atoms with E-state index in [0.717, 1.165) is 0 Å². The molecule has 0 aromatic carbocycles. The number of ether oxygens (including phenoxy) is 3. The number of hydrogen-bond donors (Lipinski definition) is 0. The summed E-state index contributed by atoms with van der Waals surface area (Å²) in [5.41, 5.74) is -1.41. The van der Waals surface area contributed by atoms with Crippen LogP contribution < -0.4 is 0 Å². The Bertz CT molecular complexity index is 647. The maximum absolute atomic E-state index is 12.7. The standard InChI is InChI=1S/C23H43B2NO6/c1-12-22(7,19(29)31-14-13-26(9)10)25-16-23(8,18(28)30-11)24-15-21(5,6)17(27)32-20(2,3)4/h12-16H2,1-11H3. The van der Waals surface area contributed by atoms with Crippen molar-refractivity contribution >= 4 is 32.5 Å². The highest BCUT2D eigenvalue weighted by Gasteiger charge is 2.43. The topological polar surface area (TPSA) is 82.1 Å². The van der Waals surface area contributed by atoms with Gasteiger partial charge in [-0.2, -0.15) is 0 Å². The van der Waals surface area contributed by atoms with Crippen LogP contribution in [0.1, 0.15) is 61.8 Å². The first-order valence-electron chi connectivity index (χ1n) is 11.2. The summed E-state index contributed by atoms with van der Waals surface area (Å²) >= 11 is 0. The van der Waals surface area contributed by atoms with Gasteiger partial charge in [0.1, 0.15) is 26.8 Å². The second-order valence-corrected chi connectivity index (χ2v) is 10.8. The highest BCUT2D eigenvalue weighted by atomic mass is 16.6. The number of esters is 3. The van der Waals surface area contributed by atoms with Crippen LogP contribution in [-0.4, -0.2) is 77.3 Å². The van der Waals surface area contributed by atoms with Crippen molar-refractivity contribution in [2.75, 3.05) is 34.4 Å². The van der Waals surface area contributed by atoms with Gasteiger partial charge in [0.2, 0.25) is 0 Å². The number of likely N-dealkylation sites (N-methyl/N-ethyl adjacent to an activating group) is 1. The number of carbonyl (C=O) groups is 3. The van der Waals surface area contributed by atoms with Crippen molar-refractivity contribution < 1.29 is 28.6 Å². The molecule has 182 valence electrons. The number of hydrogen-bond acceptors (Lipinski definition) is 7. The zero-order valence-corrected chi connectivity index (χ0v) is 22.1. The lowest BCUT2D eigenvalue weighted by Crippen LogP contribution is -2.39. The van der Waals surface area contributed by atoms with Gasteiger partial charge < -0.3 is 19.1 Å². The molecule has 2 radical (unpaired) electrons. The minimum absolute atomic E-state index is 0.275. The van der Waals surface area contributed by atoms with E-state index in [1.54, 1.807) is 28.1 Å². The fourth-order valence-electron chi connectivity index (χ4n) is 2.76. The molecule has 0 N–H and O–H groups in total. The van der Waals surface area contributed by atoms with Gasteiger partial charge in [0, 0.05) is 17.2 Å². The Balaban J connectivity index is 5.32. The lowest BCUT2D eigenvalue weighted by molar-refractivity contribution is -0.164. The SMILES string of the molecule is CCC(C)([B]CC(C)([B]CC(C)(C)C(=O)OC(C)(C)C)C(=O)OC)C(=O)OCCN(C)C. The average Bonchev–Trinajstić information content (AvgIpc) is 2.68. The lowest BCUT2D eigenvalue weighted by atomic mass is 9.37. The van der Waals surface area contributed by atoms with E-state index in [2.05, 4.69) is 0 Å². The van der Waals surface area contributed by atoms with E-state index in [0.29, 0.717) is 25.9 Å². The van der Waals surface area contributed by atoms with Crippen molar-refractivity contribution in [3.8, 4) is 0 Å². The van der Waals surface area contributed by atoms with Crippen molar-refractivity contribution in [3.05, 3.63) is 0 Å². The molecule has 0 saturated heterocycles. The summed E-state index contributed by atoms with van der Waals surface area (Å²) in [6, 6.07) is 0. The van der Waals surface area contributed by atoms with Crippen LogP contribution in [-0.2, 0) is 28.6 Å². The predicted octanol–water partition coefficient (Wildman–Crippen LogP) is 3.64. The summed E-state index contributed by atoms with van der Waals surface area (Å²) in [6.45, 7) is 15.5. The Hall–Kier alpha value is -1.50. The molecule has 2 unspecified atom stereocenters. The highest BCUT2D eigenvalue weighted by molar-refractivity contribution is 6.54. The zero-order valence-electron chi connectivity index (χ0n) is 22.1. The normalized spacial score (nSPS) is 15.9. The minimum atomic E-state index is -1.01. The van der Waals surface area contributed by atoms with Gasteiger partial charge in [-0.15, -0.1) is 0 Å². The Morgan fingerprint density at radius 3 is 1.78 bits per heavy atom. The molecule has 0 aliphatic carbocycles. The molecule has 0 aromatic rings. The summed E-state index contributed by atoms with van der Waals surface area (Å²) < 4.78 is 16.0. The molecule has 0 fully saturated rings. The molecule has 0 aliphatic heterocycles. The summed E-state index contributed by atoms with van der Waals surface area (Å²) in [6.07, 6.45) is 1.13. The third kappa shape index (κ3) is 9.97. The van der Waals surface area contributed by atoms with Gasteiger partial charge in [-0.1, -0.05) is 47.3 Å². The molecule has 0 aromatic heterocycles. The summed E-state index contributed by atoms with van der Waals surface area (Å²) in [4.78, 5) is 39.9. The van der Waals surface area contributed by atoms with Crippen LogP contribution in [0.2, 0.25) is 23.3 Å². The van der Waals surface area contributed by atoms with E-state index in [-0.39, 0.29) is 18.3 Å². The molecule has 0 saturated carbocycles. The quantitative estimate of drug-likeness (QED) is 0.240. The molecular formula is C23H43B2NO6. The minimum Gasteiger partial charge on any atom is -0.469 e. The smallest absolute Gasteiger partial charge is 0.311 e. The summed E-state index contributed by atoms with van der Waals surface area (Å²) in [7, 11) is 8.79. The Morgan fingerprint density at radius 1 is 0.812 bits per heavy atom. The van der Waals surface area contributed by atoms with Crippen LogP contribution in [0.15, 0.2) is 0 Å². The first-order valence-corrected chi connectivity index (χ1v) is 11.2. The third-order valence-corrected chi connectivity index (χ3v) is 5.62. The number of carbonyl (C=O) groups excluding carboxylic acids is 3. The first-order chi connectivity index (χ1) is 14.4. The van der Waals surface area contributed by atoms with Crippen molar-refractivity contribution in [1.29, 1.82) is 0 Å². The summed E-state index contributed by atoms with van der Waals surface area (Å²) in [5, 5.41) is -1.84. The Labute approximate surface area is 196 Å². The molecule has 2 atom stereocenters. The Kier molecular flexibility index (Phi) is 11.5. The second kappa shape index (κ2) is 12.1. The predicted molar refractivity (Wildman–Crippen MR) is 129 cm³/mol. The lowest BCUT2D eigenvalue weighted by Gasteiger charge is -2.34. The maximum atomic E-state index is 12.7. The molecule has 0 bridgehead atoms. The van der Waals surface area contributed by atoms with Crippen LogP contribution in [0.4, 0.5) is 0 Å². The Morgan fingerprint density at radius 2 is 1.34 bits per heavy atom. The van der Waals surface area contributed by atoms with E-state index in [9.17, 15) is 14.4 Å². The molecular weight excluding hydrogens is 408 g/mol. The largest absolute Gasteiger partial charge is 0.469 e. The highest BCUT2D eigenvalue weighted by Crippen LogP contribution is 2.41. The van der Waals surface area contributed by atoms with Crippen LogP contribution in [0.25, 0.3) is 0 Å². The maximum Gasteiger partial charge on any atom is 0.311 e. The van der Waals surface area contributed by atoms with Gasteiger partial charge in [0.25, 0.3) is 0 Å². The molecule has 0 aliphatic rings. The van der Waals surface area contributed by atoms with Gasteiger partial charge >= 0.3 is 17.9 Å². The van der Waals surface area contributed by atoms with E-state index in [1.807, 2.05) is 60.9 Å². The van der Waals surface area contributed by atoms with Crippen LogP contribution in [0.3, 0.4) is 0 Å². The molecule has 0 amide bonds. The van der Waals surface area contributed by atoms with Crippen LogP contribution >= 0.6 is 0 Å². The van der Waals surface area contributed by atoms with Crippen molar-refractivity contribution in [2.45, 2.75) is 90.7 Å². The van der Waals surface area contributed by atoms with Gasteiger partial charge in [-0.3, -0.25) is 14.4 Å². The van der Waals surface area contributed by atoms with E-state index in [1.165, 1.54) is 7.11 Å². The molecule has 9 heteroatoms. The second-order valence-electron chi connectivity index (χ2n) is 10.8. The molecule has 0 heterocycles. The van der Waals surface area contributed by atoms with Crippen LogP contribution in [0, 0.1) is 5.41 Å². The van der Waals surface area contributed by atoms with E-state index >= 15 is 0 Å². The van der Waals surface area contributed by atoms with Crippen molar-refractivity contribution in [2.24, 2.45) is 5.41 Å². The first kappa shape index (κ1) is 30.5. The molecule has 0 rings (SSSR count). The van der Waals surface area contributed by atoms with Gasteiger partial charge in [0.05, 0.1) is 12.5 Å². The van der Waals surface area contributed by atoms with E-state index < -0.39 is 27.6 Å². The number of rotatable bonds is 13. The van der Waals surface area contributed by atoms with Crippen LogP contribution in [0.5, 0.6) is 0 Å². The molecule has 32 heavy (non-hydrogen) atoms. The van der Waals surface area contributed by atoms with Crippen molar-refractivity contribution in [1.82, 2.24) is 4.90 Å². The average molecular weight is 451 g/mol.